The van der Waals surface area contributed by atoms with Gasteiger partial charge in [0.1, 0.15) is 7.05 Å². The molecule has 3 aromatic rings. The van der Waals surface area contributed by atoms with Crippen LogP contribution in [0, 0.1) is 11.3 Å². The summed E-state index contributed by atoms with van der Waals surface area (Å²) in [6, 6.07) is 30.0. The van der Waals surface area contributed by atoms with Gasteiger partial charge in [-0.3, -0.25) is 0 Å². The van der Waals surface area contributed by atoms with Gasteiger partial charge < -0.3 is 17.3 Å². The van der Waals surface area contributed by atoms with E-state index in [2.05, 4.69) is 121 Å². The molecular weight excluding hydrogens is 426 g/mol. The summed E-state index contributed by atoms with van der Waals surface area (Å²) in [6.07, 6.45) is 4.95. The smallest absolute Gasteiger partial charge is 0.209 e. The monoisotopic (exact) mass is 455 g/mol. The number of hydrogen-bond acceptors (Lipinski definition) is 2. The molecule has 0 aromatic heterocycles. The van der Waals surface area contributed by atoms with Crippen molar-refractivity contribution >= 4 is 23.2 Å². The lowest BCUT2D eigenvalue weighted by molar-refractivity contribution is -0.401. The van der Waals surface area contributed by atoms with Crippen molar-refractivity contribution in [3.63, 3.8) is 0 Å². The SMILES string of the molecule is C[N+]1=C(/C=C/c2ccc(N(CCC#N)Cc3ccccc3)cc2)C(C)(C)c2ccccc21.[Cl-]. The summed E-state index contributed by atoms with van der Waals surface area (Å²) in [5.41, 5.74) is 7.47. The van der Waals surface area contributed by atoms with Gasteiger partial charge in [0, 0.05) is 36.5 Å². The molecule has 0 bridgehead atoms. The van der Waals surface area contributed by atoms with Crippen molar-refractivity contribution in [1.29, 1.82) is 5.26 Å². The Hall–Kier alpha value is -3.35. The average molecular weight is 456 g/mol. The molecule has 33 heavy (non-hydrogen) atoms. The second-order valence-electron chi connectivity index (χ2n) is 8.83. The Morgan fingerprint density at radius 2 is 1.58 bits per heavy atom. The number of fused-ring (bicyclic) bond motifs is 1. The average Bonchev–Trinajstić information content (AvgIpc) is 3.01. The van der Waals surface area contributed by atoms with E-state index >= 15 is 0 Å². The first kappa shape index (κ1) is 24.3. The van der Waals surface area contributed by atoms with Gasteiger partial charge in [0.25, 0.3) is 0 Å². The minimum Gasteiger partial charge on any atom is -1.00 e. The van der Waals surface area contributed by atoms with Crippen molar-refractivity contribution in [2.45, 2.75) is 32.2 Å². The Morgan fingerprint density at radius 1 is 0.909 bits per heavy atom. The zero-order valence-corrected chi connectivity index (χ0v) is 20.3. The molecule has 0 fully saturated rings. The molecular formula is C29H30ClN3. The maximum Gasteiger partial charge on any atom is 0.209 e. The number of benzene rings is 3. The van der Waals surface area contributed by atoms with E-state index < -0.39 is 0 Å². The second kappa shape index (κ2) is 10.5. The minimum absolute atomic E-state index is 0. The summed E-state index contributed by atoms with van der Waals surface area (Å²) < 4.78 is 2.30. The van der Waals surface area contributed by atoms with E-state index in [0.717, 1.165) is 18.8 Å². The third-order valence-electron chi connectivity index (χ3n) is 6.34. The van der Waals surface area contributed by atoms with E-state index in [0.29, 0.717) is 6.42 Å². The van der Waals surface area contributed by atoms with Crippen molar-refractivity contribution in [1.82, 2.24) is 0 Å². The van der Waals surface area contributed by atoms with E-state index in [9.17, 15) is 0 Å². The Labute approximate surface area is 203 Å². The van der Waals surface area contributed by atoms with Crippen LogP contribution in [0.25, 0.3) is 6.08 Å². The summed E-state index contributed by atoms with van der Waals surface area (Å²) in [5.74, 6) is 0. The number of nitriles is 1. The van der Waals surface area contributed by atoms with Gasteiger partial charge in [-0.05, 0) is 43.2 Å². The van der Waals surface area contributed by atoms with Crippen molar-refractivity contribution in [2.24, 2.45) is 0 Å². The molecule has 0 unspecified atom stereocenters. The molecule has 0 spiro atoms. The lowest BCUT2D eigenvalue weighted by Crippen LogP contribution is -3.00. The predicted molar refractivity (Wildman–Crippen MR) is 134 cm³/mol. The molecule has 3 aromatic carbocycles. The van der Waals surface area contributed by atoms with Crippen LogP contribution in [0.1, 0.15) is 37.0 Å². The highest BCUT2D eigenvalue weighted by molar-refractivity contribution is 6.05. The van der Waals surface area contributed by atoms with Crippen LogP contribution in [0.5, 0.6) is 0 Å². The van der Waals surface area contributed by atoms with E-state index in [1.54, 1.807) is 0 Å². The van der Waals surface area contributed by atoms with E-state index in [-0.39, 0.29) is 17.8 Å². The number of hydrogen-bond donors (Lipinski definition) is 0. The first-order chi connectivity index (χ1) is 15.5. The number of allylic oxidation sites excluding steroid dienone is 1. The largest absolute Gasteiger partial charge is 1.00 e. The van der Waals surface area contributed by atoms with E-state index in [1.807, 2.05) is 6.07 Å². The summed E-state index contributed by atoms with van der Waals surface area (Å²) >= 11 is 0. The second-order valence-corrected chi connectivity index (χ2v) is 8.83. The quantitative estimate of drug-likeness (QED) is 0.511. The zero-order valence-electron chi connectivity index (χ0n) is 19.5. The maximum absolute atomic E-state index is 9.08. The standard InChI is InChI=1S/C29H30N3.ClH/c1-29(2)26-12-7-8-13-27(26)31(3)28(29)19-16-23-14-17-25(18-15-23)32(21-9-20-30)22-24-10-5-4-6-11-24;/h4-8,10-19H,9,21-22H2,1-3H3;1H/q+1;/p-1. The summed E-state index contributed by atoms with van der Waals surface area (Å²) in [5, 5.41) is 9.08. The van der Waals surface area contributed by atoms with Crippen molar-refractivity contribution in [3.8, 4) is 6.07 Å². The molecule has 3 nitrogen and oxygen atoms in total. The normalized spacial score (nSPS) is 14.0. The summed E-state index contributed by atoms with van der Waals surface area (Å²) in [6.45, 7) is 6.09. The van der Waals surface area contributed by atoms with Crippen LogP contribution in [0.4, 0.5) is 11.4 Å². The lowest BCUT2D eigenvalue weighted by Gasteiger charge is -2.24. The third kappa shape index (κ3) is 5.18. The van der Waals surface area contributed by atoms with Gasteiger partial charge in [0.2, 0.25) is 5.69 Å². The molecule has 0 saturated carbocycles. The minimum atomic E-state index is -0.0223. The van der Waals surface area contributed by atoms with Gasteiger partial charge in [-0.25, -0.2) is 0 Å². The van der Waals surface area contributed by atoms with Crippen molar-refractivity contribution < 1.29 is 17.0 Å². The molecule has 0 aliphatic carbocycles. The fourth-order valence-corrected chi connectivity index (χ4v) is 4.56. The molecule has 0 amide bonds. The van der Waals surface area contributed by atoms with Gasteiger partial charge in [-0.2, -0.15) is 9.84 Å². The highest BCUT2D eigenvalue weighted by atomic mass is 35.5. The number of nitrogens with zero attached hydrogens (tertiary/aromatic N) is 3. The van der Waals surface area contributed by atoms with Gasteiger partial charge in [-0.15, -0.1) is 0 Å². The molecule has 0 atom stereocenters. The van der Waals surface area contributed by atoms with E-state index in [1.165, 1.54) is 28.1 Å². The highest BCUT2D eigenvalue weighted by Crippen LogP contribution is 2.39. The topological polar surface area (TPSA) is 30.0 Å². The van der Waals surface area contributed by atoms with Crippen molar-refractivity contribution in [2.75, 3.05) is 18.5 Å². The van der Waals surface area contributed by atoms with Crippen LogP contribution >= 0.6 is 0 Å². The molecule has 1 heterocycles. The molecule has 1 aliphatic rings. The van der Waals surface area contributed by atoms with Gasteiger partial charge >= 0.3 is 0 Å². The van der Waals surface area contributed by atoms with Gasteiger partial charge in [0.15, 0.2) is 5.71 Å². The summed E-state index contributed by atoms with van der Waals surface area (Å²) in [7, 11) is 2.15. The first-order valence-electron chi connectivity index (χ1n) is 11.2. The Kier molecular flexibility index (Phi) is 7.74. The molecule has 168 valence electrons. The fraction of sp³-hybridized carbons (Fsp3) is 0.241. The summed E-state index contributed by atoms with van der Waals surface area (Å²) in [4.78, 5) is 2.27. The van der Waals surface area contributed by atoms with Gasteiger partial charge in [0.05, 0.1) is 17.9 Å². The number of para-hydroxylation sites is 1. The van der Waals surface area contributed by atoms with E-state index in [4.69, 9.17) is 5.26 Å². The Bertz CT molecular complexity index is 1190. The lowest BCUT2D eigenvalue weighted by atomic mass is 9.81. The van der Waals surface area contributed by atoms with Crippen LogP contribution in [0.15, 0.2) is 84.9 Å². The van der Waals surface area contributed by atoms with Crippen LogP contribution in [-0.4, -0.2) is 23.9 Å². The molecule has 0 saturated heterocycles. The van der Waals surface area contributed by atoms with Gasteiger partial charge in [-0.1, -0.05) is 60.7 Å². The van der Waals surface area contributed by atoms with Crippen molar-refractivity contribution in [3.05, 3.63) is 102 Å². The first-order valence-corrected chi connectivity index (χ1v) is 11.2. The molecule has 4 rings (SSSR count). The molecule has 4 heteroatoms. The Balaban J connectivity index is 0.00000306. The molecule has 0 N–H and O–H groups in total. The number of anilines is 1. The fourth-order valence-electron chi connectivity index (χ4n) is 4.56. The van der Waals surface area contributed by atoms with Crippen LogP contribution in [0.3, 0.4) is 0 Å². The maximum atomic E-state index is 9.08. The zero-order chi connectivity index (χ0) is 22.6. The van der Waals surface area contributed by atoms with Crippen LogP contribution < -0.4 is 17.3 Å². The van der Waals surface area contributed by atoms with Crippen LogP contribution in [0.2, 0.25) is 0 Å². The van der Waals surface area contributed by atoms with Crippen LogP contribution in [-0.2, 0) is 12.0 Å². The predicted octanol–water partition coefficient (Wildman–Crippen LogP) is 3.33. The molecule has 0 radical (unpaired) electrons. The Morgan fingerprint density at radius 3 is 2.24 bits per heavy atom. The highest BCUT2D eigenvalue weighted by Gasteiger charge is 2.42. The molecule has 1 aliphatic heterocycles. The third-order valence-corrected chi connectivity index (χ3v) is 6.34. The number of rotatable bonds is 7. The number of halogens is 1.